The number of rotatable bonds is 0. The molecule has 0 N–H and O–H groups in total. The molecule has 0 atom stereocenters. The minimum atomic E-state index is 1.08. The normalized spacial score (nSPS) is 10.0. The van der Waals surface area contributed by atoms with Crippen molar-refractivity contribution in [1.82, 2.24) is 0 Å². The summed E-state index contributed by atoms with van der Waals surface area (Å²) in [4.78, 5) is 0. The molecule has 0 fully saturated rings. The van der Waals surface area contributed by atoms with E-state index in [2.05, 4.69) is 54.7 Å². The van der Waals surface area contributed by atoms with Crippen LogP contribution in [0.2, 0.25) is 0 Å². The Balaban J connectivity index is 3.31. The van der Waals surface area contributed by atoms with E-state index in [0.29, 0.717) is 0 Å². The number of benzene rings is 1. The predicted molar refractivity (Wildman–Crippen MR) is 54.3 cm³/mol. The Morgan fingerprint density at radius 3 is 1.80 bits per heavy atom. The van der Waals surface area contributed by atoms with Crippen molar-refractivity contribution < 1.29 is 0 Å². The molecule has 1 aromatic rings. The SMILES string of the molecule is Cc1c(Br)cc(Br)cc1Br. The molecule has 3 heteroatoms. The number of hydrogen-bond acceptors (Lipinski definition) is 0. The molecule has 10 heavy (non-hydrogen) atoms. The highest BCUT2D eigenvalue weighted by atomic mass is 79.9. The van der Waals surface area contributed by atoms with E-state index in [1.807, 2.05) is 12.1 Å². The summed E-state index contributed by atoms with van der Waals surface area (Å²) in [6.07, 6.45) is 0. The van der Waals surface area contributed by atoms with Crippen molar-refractivity contribution in [2.24, 2.45) is 0 Å². The van der Waals surface area contributed by atoms with Gasteiger partial charge in [0.2, 0.25) is 0 Å². The zero-order valence-corrected chi connectivity index (χ0v) is 10.0. The van der Waals surface area contributed by atoms with Gasteiger partial charge in [-0.3, -0.25) is 0 Å². The van der Waals surface area contributed by atoms with Gasteiger partial charge in [0.1, 0.15) is 0 Å². The molecular weight excluding hydrogens is 324 g/mol. The van der Waals surface area contributed by atoms with E-state index in [1.165, 1.54) is 5.56 Å². The molecule has 0 unspecified atom stereocenters. The van der Waals surface area contributed by atoms with Gasteiger partial charge in [-0.1, -0.05) is 47.8 Å². The highest BCUT2D eigenvalue weighted by molar-refractivity contribution is 9.11. The van der Waals surface area contributed by atoms with Gasteiger partial charge in [-0.2, -0.15) is 0 Å². The van der Waals surface area contributed by atoms with Gasteiger partial charge in [0, 0.05) is 13.4 Å². The van der Waals surface area contributed by atoms with Gasteiger partial charge in [0.15, 0.2) is 0 Å². The van der Waals surface area contributed by atoms with Crippen LogP contribution in [-0.2, 0) is 0 Å². The largest absolute Gasteiger partial charge is 0.0508 e. The summed E-state index contributed by atoms with van der Waals surface area (Å²) in [5.41, 5.74) is 1.23. The zero-order valence-electron chi connectivity index (χ0n) is 5.29. The Morgan fingerprint density at radius 2 is 1.40 bits per heavy atom. The Hall–Kier alpha value is 0.660. The second kappa shape index (κ2) is 3.37. The van der Waals surface area contributed by atoms with Crippen LogP contribution in [0.1, 0.15) is 5.56 Å². The third-order valence-electron chi connectivity index (χ3n) is 1.25. The van der Waals surface area contributed by atoms with Crippen molar-refractivity contribution in [3.63, 3.8) is 0 Å². The minimum absolute atomic E-state index is 1.08. The molecular formula is C7H5Br3. The van der Waals surface area contributed by atoms with Crippen molar-refractivity contribution in [3.8, 4) is 0 Å². The molecule has 1 aromatic carbocycles. The Morgan fingerprint density at radius 1 is 1.00 bits per heavy atom. The molecule has 0 aliphatic carbocycles. The van der Waals surface area contributed by atoms with Gasteiger partial charge in [-0.25, -0.2) is 0 Å². The van der Waals surface area contributed by atoms with Gasteiger partial charge in [-0.15, -0.1) is 0 Å². The lowest BCUT2D eigenvalue weighted by atomic mass is 10.2. The van der Waals surface area contributed by atoms with Crippen molar-refractivity contribution in [1.29, 1.82) is 0 Å². The van der Waals surface area contributed by atoms with Gasteiger partial charge >= 0.3 is 0 Å². The van der Waals surface area contributed by atoms with E-state index in [0.717, 1.165) is 13.4 Å². The van der Waals surface area contributed by atoms with Crippen molar-refractivity contribution >= 4 is 47.8 Å². The highest BCUT2D eigenvalue weighted by Gasteiger charge is 1.99. The molecule has 0 amide bonds. The van der Waals surface area contributed by atoms with Crippen LogP contribution in [-0.4, -0.2) is 0 Å². The lowest BCUT2D eigenvalue weighted by Gasteiger charge is -2.00. The van der Waals surface area contributed by atoms with Crippen molar-refractivity contribution in [2.75, 3.05) is 0 Å². The Labute approximate surface area is 85.4 Å². The van der Waals surface area contributed by atoms with Crippen LogP contribution in [0, 0.1) is 6.92 Å². The Bertz CT molecular complexity index is 232. The fourth-order valence-corrected chi connectivity index (χ4v) is 2.87. The molecule has 0 nitrogen and oxygen atoms in total. The van der Waals surface area contributed by atoms with Crippen LogP contribution in [0.25, 0.3) is 0 Å². The second-order valence-electron chi connectivity index (χ2n) is 1.99. The Kier molecular flexibility index (Phi) is 2.95. The topological polar surface area (TPSA) is 0 Å². The third-order valence-corrected chi connectivity index (χ3v) is 3.35. The molecule has 0 saturated carbocycles. The maximum Gasteiger partial charge on any atom is 0.0226 e. The molecule has 0 aromatic heterocycles. The summed E-state index contributed by atoms with van der Waals surface area (Å²) >= 11 is 10.3. The predicted octanol–water partition coefficient (Wildman–Crippen LogP) is 4.28. The van der Waals surface area contributed by atoms with Crippen LogP contribution in [0.3, 0.4) is 0 Å². The molecule has 54 valence electrons. The highest BCUT2D eigenvalue weighted by Crippen LogP contribution is 2.28. The summed E-state index contributed by atoms with van der Waals surface area (Å²) in [5.74, 6) is 0. The molecule has 1 rings (SSSR count). The van der Waals surface area contributed by atoms with Crippen LogP contribution < -0.4 is 0 Å². The zero-order chi connectivity index (χ0) is 7.72. The molecule has 0 saturated heterocycles. The van der Waals surface area contributed by atoms with Gasteiger partial charge < -0.3 is 0 Å². The van der Waals surface area contributed by atoms with E-state index < -0.39 is 0 Å². The van der Waals surface area contributed by atoms with E-state index in [4.69, 9.17) is 0 Å². The summed E-state index contributed by atoms with van der Waals surface area (Å²) in [5, 5.41) is 0. The van der Waals surface area contributed by atoms with E-state index >= 15 is 0 Å². The van der Waals surface area contributed by atoms with Crippen LogP contribution in [0.4, 0.5) is 0 Å². The van der Waals surface area contributed by atoms with E-state index in [9.17, 15) is 0 Å². The van der Waals surface area contributed by atoms with Gasteiger partial charge in [0.05, 0.1) is 0 Å². The van der Waals surface area contributed by atoms with Crippen LogP contribution in [0.15, 0.2) is 25.6 Å². The lowest BCUT2D eigenvalue weighted by Crippen LogP contribution is -1.77. The summed E-state index contributed by atoms with van der Waals surface area (Å²) in [6.45, 7) is 2.06. The minimum Gasteiger partial charge on any atom is -0.0508 e. The monoisotopic (exact) mass is 326 g/mol. The van der Waals surface area contributed by atoms with Crippen LogP contribution >= 0.6 is 47.8 Å². The van der Waals surface area contributed by atoms with E-state index in [1.54, 1.807) is 0 Å². The van der Waals surface area contributed by atoms with Gasteiger partial charge in [-0.05, 0) is 24.6 Å². The lowest BCUT2D eigenvalue weighted by molar-refractivity contribution is 1.38. The third kappa shape index (κ3) is 1.83. The first-order valence-corrected chi connectivity index (χ1v) is 5.10. The maximum absolute atomic E-state index is 3.44. The number of hydrogen-bond donors (Lipinski definition) is 0. The fraction of sp³-hybridized carbons (Fsp3) is 0.143. The molecule has 0 heterocycles. The summed E-state index contributed by atoms with van der Waals surface area (Å²) in [6, 6.07) is 4.06. The van der Waals surface area contributed by atoms with E-state index in [-0.39, 0.29) is 0 Å². The number of halogens is 3. The molecule has 0 spiro atoms. The standard InChI is InChI=1S/C7H5Br3/c1-4-6(9)2-5(8)3-7(4)10/h2-3H,1H3. The average Bonchev–Trinajstić information content (AvgIpc) is 1.82. The van der Waals surface area contributed by atoms with Crippen LogP contribution in [0.5, 0.6) is 0 Å². The molecule has 0 radical (unpaired) electrons. The molecule has 0 aliphatic heterocycles. The first-order valence-electron chi connectivity index (χ1n) is 2.72. The second-order valence-corrected chi connectivity index (χ2v) is 4.62. The maximum atomic E-state index is 3.44. The fourth-order valence-electron chi connectivity index (χ4n) is 0.614. The first-order chi connectivity index (χ1) is 4.61. The summed E-state index contributed by atoms with van der Waals surface area (Å²) in [7, 11) is 0. The quantitative estimate of drug-likeness (QED) is 0.666. The average molecular weight is 329 g/mol. The van der Waals surface area contributed by atoms with Gasteiger partial charge in [0.25, 0.3) is 0 Å². The molecule has 0 bridgehead atoms. The van der Waals surface area contributed by atoms with Crippen molar-refractivity contribution in [2.45, 2.75) is 6.92 Å². The molecule has 0 aliphatic rings. The van der Waals surface area contributed by atoms with Crippen molar-refractivity contribution in [3.05, 3.63) is 31.1 Å². The summed E-state index contributed by atoms with van der Waals surface area (Å²) < 4.78 is 3.32. The first kappa shape index (κ1) is 8.75. The smallest absolute Gasteiger partial charge is 0.0226 e.